The van der Waals surface area contributed by atoms with Crippen LogP contribution in [0.25, 0.3) is 5.82 Å². The van der Waals surface area contributed by atoms with Crippen molar-refractivity contribution >= 4 is 6.03 Å². The predicted octanol–water partition coefficient (Wildman–Crippen LogP) is 2.14. The number of urea groups is 1. The largest absolute Gasteiger partial charge is 0.334 e. The molecule has 0 bridgehead atoms. The van der Waals surface area contributed by atoms with E-state index < -0.39 is 0 Å². The van der Waals surface area contributed by atoms with Crippen LogP contribution in [0.5, 0.6) is 0 Å². The number of rotatable bonds is 5. The Morgan fingerprint density at radius 2 is 2.04 bits per heavy atom. The van der Waals surface area contributed by atoms with E-state index in [2.05, 4.69) is 26.7 Å². The number of hydrogen-bond acceptors (Lipinski definition) is 4. The molecule has 2 aromatic heterocycles. The van der Waals surface area contributed by atoms with Gasteiger partial charge in [-0.25, -0.2) is 14.8 Å². The van der Waals surface area contributed by atoms with E-state index in [-0.39, 0.29) is 6.03 Å². The molecule has 25 heavy (non-hydrogen) atoms. The van der Waals surface area contributed by atoms with Crippen LogP contribution >= 0.6 is 0 Å². The molecule has 0 aliphatic carbocycles. The summed E-state index contributed by atoms with van der Waals surface area (Å²) in [5, 5.41) is 14.5. The Morgan fingerprint density at radius 1 is 1.16 bits per heavy atom. The first-order valence-electron chi connectivity index (χ1n) is 7.69. The lowest BCUT2D eigenvalue weighted by Gasteiger charge is -2.11. The summed E-state index contributed by atoms with van der Waals surface area (Å²) in [6.07, 6.45) is 6.83. The highest BCUT2D eigenvalue weighted by Gasteiger charge is 2.07. The number of aromatic nitrogens is 3. The molecule has 0 aliphatic heterocycles. The van der Waals surface area contributed by atoms with Crippen LogP contribution < -0.4 is 10.6 Å². The first-order chi connectivity index (χ1) is 12.3. The number of carbonyl (C=O) groups is 1. The third-order valence-electron chi connectivity index (χ3n) is 3.57. The van der Waals surface area contributed by atoms with Crippen molar-refractivity contribution in [3.63, 3.8) is 0 Å². The fourth-order valence-electron chi connectivity index (χ4n) is 2.36. The minimum atomic E-state index is -0.289. The second-order valence-corrected chi connectivity index (χ2v) is 5.30. The molecule has 2 N–H and O–H groups in total. The van der Waals surface area contributed by atoms with Gasteiger partial charge in [0.15, 0.2) is 0 Å². The van der Waals surface area contributed by atoms with Crippen molar-refractivity contribution < 1.29 is 4.79 Å². The highest BCUT2D eigenvalue weighted by molar-refractivity contribution is 5.73. The number of carbonyl (C=O) groups excluding carboxylic acids is 1. The minimum Gasteiger partial charge on any atom is -0.334 e. The van der Waals surface area contributed by atoms with Gasteiger partial charge in [-0.3, -0.25) is 4.57 Å². The SMILES string of the molecule is N#Cc1cccc(CNC(=O)NCc2cccnc2-n2ccnc2)c1. The second kappa shape index (κ2) is 7.75. The molecular formula is C18H16N6O. The molecule has 0 aliphatic rings. The van der Waals surface area contributed by atoms with Gasteiger partial charge in [-0.2, -0.15) is 5.26 Å². The van der Waals surface area contributed by atoms with Gasteiger partial charge < -0.3 is 10.6 Å². The standard InChI is InChI=1S/C18H16N6O/c19-10-14-3-1-4-15(9-14)11-22-18(25)23-12-16-5-2-6-21-17(16)24-8-7-20-13-24/h1-9,13H,11-12H2,(H2,22,23,25). The van der Waals surface area contributed by atoms with Gasteiger partial charge in [-0.15, -0.1) is 0 Å². The lowest BCUT2D eigenvalue weighted by atomic mass is 10.1. The van der Waals surface area contributed by atoms with Crippen LogP contribution in [0.2, 0.25) is 0 Å². The highest BCUT2D eigenvalue weighted by Crippen LogP contribution is 2.10. The zero-order valence-corrected chi connectivity index (χ0v) is 13.4. The van der Waals surface area contributed by atoms with Gasteiger partial charge in [0.05, 0.1) is 11.6 Å². The molecule has 0 atom stereocenters. The van der Waals surface area contributed by atoms with Crippen molar-refractivity contribution in [2.45, 2.75) is 13.1 Å². The first kappa shape index (κ1) is 16.2. The monoisotopic (exact) mass is 332 g/mol. The molecule has 7 nitrogen and oxygen atoms in total. The summed E-state index contributed by atoms with van der Waals surface area (Å²) >= 11 is 0. The number of pyridine rings is 1. The van der Waals surface area contributed by atoms with Gasteiger partial charge in [0, 0.05) is 37.2 Å². The van der Waals surface area contributed by atoms with Crippen LogP contribution in [-0.2, 0) is 13.1 Å². The molecule has 7 heteroatoms. The van der Waals surface area contributed by atoms with Gasteiger partial charge >= 0.3 is 6.03 Å². The van der Waals surface area contributed by atoms with Crippen LogP contribution in [0, 0.1) is 11.3 Å². The van der Waals surface area contributed by atoms with E-state index in [0.29, 0.717) is 18.7 Å². The maximum absolute atomic E-state index is 12.0. The number of nitriles is 1. The van der Waals surface area contributed by atoms with Crippen molar-refractivity contribution in [2.75, 3.05) is 0 Å². The summed E-state index contributed by atoms with van der Waals surface area (Å²) in [7, 11) is 0. The van der Waals surface area contributed by atoms with Crippen molar-refractivity contribution in [3.05, 3.63) is 78.0 Å². The summed E-state index contributed by atoms with van der Waals surface area (Å²) in [5.74, 6) is 0.724. The van der Waals surface area contributed by atoms with E-state index in [4.69, 9.17) is 5.26 Å². The van der Waals surface area contributed by atoms with Crippen LogP contribution in [0.1, 0.15) is 16.7 Å². The van der Waals surface area contributed by atoms with Crippen LogP contribution in [0.3, 0.4) is 0 Å². The molecule has 1 aromatic carbocycles. The van der Waals surface area contributed by atoms with Crippen molar-refractivity contribution in [3.8, 4) is 11.9 Å². The lowest BCUT2D eigenvalue weighted by molar-refractivity contribution is 0.240. The predicted molar refractivity (Wildman–Crippen MR) is 91.6 cm³/mol. The number of benzene rings is 1. The molecule has 0 saturated heterocycles. The molecule has 2 heterocycles. The molecule has 3 aromatic rings. The quantitative estimate of drug-likeness (QED) is 0.748. The lowest BCUT2D eigenvalue weighted by Crippen LogP contribution is -2.34. The van der Waals surface area contributed by atoms with E-state index in [1.54, 1.807) is 47.7 Å². The summed E-state index contributed by atoms with van der Waals surface area (Å²) in [6, 6.07) is 12.6. The van der Waals surface area contributed by atoms with Crippen LogP contribution in [-0.4, -0.2) is 20.6 Å². The first-order valence-corrected chi connectivity index (χ1v) is 7.69. The average Bonchev–Trinajstić information content (AvgIpc) is 3.19. The molecule has 2 amide bonds. The second-order valence-electron chi connectivity index (χ2n) is 5.30. The Balaban J connectivity index is 1.57. The smallest absolute Gasteiger partial charge is 0.315 e. The topological polar surface area (TPSA) is 95.6 Å². The molecule has 0 spiro atoms. The van der Waals surface area contributed by atoms with Crippen LogP contribution in [0.4, 0.5) is 4.79 Å². The third kappa shape index (κ3) is 4.20. The number of hydrogen-bond donors (Lipinski definition) is 2. The Morgan fingerprint density at radius 3 is 2.84 bits per heavy atom. The van der Waals surface area contributed by atoms with E-state index in [1.165, 1.54) is 0 Å². The summed E-state index contributed by atoms with van der Waals surface area (Å²) < 4.78 is 1.79. The number of nitrogens with zero attached hydrogens (tertiary/aromatic N) is 4. The Kier molecular flexibility index (Phi) is 5.02. The fraction of sp³-hybridized carbons (Fsp3) is 0.111. The molecule has 0 unspecified atom stereocenters. The van der Waals surface area contributed by atoms with Gasteiger partial charge in [0.1, 0.15) is 12.1 Å². The van der Waals surface area contributed by atoms with Crippen molar-refractivity contribution in [1.82, 2.24) is 25.2 Å². The van der Waals surface area contributed by atoms with Crippen molar-refractivity contribution in [1.29, 1.82) is 5.26 Å². The van der Waals surface area contributed by atoms with E-state index in [1.807, 2.05) is 18.2 Å². The van der Waals surface area contributed by atoms with Gasteiger partial charge in [0.25, 0.3) is 0 Å². The Labute approximate surface area is 145 Å². The maximum Gasteiger partial charge on any atom is 0.315 e. The summed E-state index contributed by atoms with van der Waals surface area (Å²) in [6.45, 7) is 0.689. The van der Waals surface area contributed by atoms with E-state index in [0.717, 1.165) is 16.9 Å². The van der Waals surface area contributed by atoms with Gasteiger partial charge in [0.2, 0.25) is 0 Å². The summed E-state index contributed by atoms with van der Waals surface area (Å²) in [5.41, 5.74) is 2.32. The Hall–Kier alpha value is -3.66. The zero-order chi connectivity index (χ0) is 17.5. The van der Waals surface area contributed by atoms with Crippen LogP contribution in [0.15, 0.2) is 61.3 Å². The minimum absolute atomic E-state index is 0.289. The molecular weight excluding hydrogens is 316 g/mol. The summed E-state index contributed by atoms with van der Waals surface area (Å²) in [4.78, 5) is 20.4. The zero-order valence-electron chi connectivity index (χ0n) is 13.4. The van der Waals surface area contributed by atoms with Gasteiger partial charge in [-0.1, -0.05) is 18.2 Å². The molecule has 0 fully saturated rings. The van der Waals surface area contributed by atoms with E-state index >= 15 is 0 Å². The average molecular weight is 332 g/mol. The van der Waals surface area contributed by atoms with Crippen molar-refractivity contribution in [2.24, 2.45) is 0 Å². The number of imidazole rings is 1. The molecule has 0 radical (unpaired) electrons. The number of amides is 2. The fourth-order valence-corrected chi connectivity index (χ4v) is 2.36. The van der Waals surface area contributed by atoms with Gasteiger partial charge in [-0.05, 0) is 23.8 Å². The number of nitrogens with one attached hydrogen (secondary N) is 2. The maximum atomic E-state index is 12.0. The third-order valence-corrected chi connectivity index (χ3v) is 3.57. The molecule has 3 rings (SSSR count). The highest BCUT2D eigenvalue weighted by atomic mass is 16.2. The molecule has 124 valence electrons. The molecule has 0 saturated carbocycles. The normalized spacial score (nSPS) is 10.0. The Bertz CT molecular complexity index is 898. The van der Waals surface area contributed by atoms with E-state index in [9.17, 15) is 4.79 Å².